The van der Waals surface area contributed by atoms with Crippen LogP contribution >= 0.6 is 0 Å². The summed E-state index contributed by atoms with van der Waals surface area (Å²) >= 11 is 0. The van der Waals surface area contributed by atoms with E-state index in [0.717, 1.165) is 31.0 Å². The average Bonchev–Trinajstić information content (AvgIpc) is 3.72. The van der Waals surface area contributed by atoms with Gasteiger partial charge in [0.1, 0.15) is 5.76 Å². The summed E-state index contributed by atoms with van der Waals surface area (Å²) in [6.07, 6.45) is 4.21. The molecule has 0 aromatic heterocycles. The second-order valence-corrected chi connectivity index (χ2v) is 9.53. The quantitative estimate of drug-likeness (QED) is 0.329. The average molecular weight is 558 g/mol. The van der Waals surface area contributed by atoms with Crippen LogP contribution in [0.15, 0.2) is 72.2 Å². The van der Waals surface area contributed by atoms with Crippen molar-refractivity contribution in [3.63, 3.8) is 0 Å². The molecule has 0 bridgehead atoms. The van der Waals surface area contributed by atoms with E-state index in [9.17, 15) is 31.9 Å². The van der Waals surface area contributed by atoms with Gasteiger partial charge in [0, 0.05) is 54.9 Å². The summed E-state index contributed by atoms with van der Waals surface area (Å²) in [6, 6.07) is 6.94. The zero-order valence-electron chi connectivity index (χ0n) is 21.5. The lowest BCUT2D eigenvalue weighted by molar-refractivity contribution is -0.137. The zero-order chi connectivity index (χ0) is 28.9. The minimum atomic E-state index is -4.63. The third-order valence-electron chi connectivity index (χ3n) is 6.01. The van der Waals surface area contributed by atoms with Crippen molar-refractivity contribution in [3.05, 3.63) is 89.1 Å². The molecule has 2 aliphatic carbocycles. The lowest BCUT2D eigenvalue weighted by Crippen LogP contribution is -2.24. The molecule has 0 heterocycles. The SMILES string of the molecule is CC(=O)Nc1cc(CCC(=O)Nc2ccc(OC3=CC=CCC(NC(=O)C4CC4)=C3)c(F)c2)cc(C(F)(F)F)c1. The van der Waals surface area contributed by atoms with Gasteiger partial charge in [-0.1, -0.05) is 12.2 Å². The molecule has 1 fully saturated rings. The highest BCUT2D eigenvalue weighted by Gasteiger charge is 2.31. The van der Waals surface area contributed by atoms with Crippen LogP contribution in [-0.2, 0) is 27.0 Å². The second-order valence-electron chi connectivity index (χ2n) is 9.53. The number of allylic oxidation sites excluding steroid dienone is 4. The highest BCUT2D eigenvalue weighted by molar-refractivity contribution is 5.91. The first-order valence-corrected chi connectivity index (χ1v) is 12.6. The van der Waals surface area contributed by atoms with Crippen molar-refractivity contribution >= 4 is 29.1 Å². The van der Waals surface area contributed by atoms with Crippen LogP contribution in [0.3, 0.4) is 0 Å². The van der Waals surface area contributed by atoms with Gasteiger partial charge in [-0.25, -0.2) is 4.39 Å². The smallest absolute Gasteiger partial charge is 0.416 e. The van der Waals surface area contributed by atoms with Gasteiger partial charge in [-0.3, -0.25) is 14.4 Å². The Kier molecular flexibility index (Phi) is 8.71. The Morgan fingerprint density at radius 1 is 1.00 bits per heavy atom. The molecule has 0 aliphatic heterocycles. The van der Waals surface area contributed by atoms with Gasteiger partial charge in [-0.15, -0.1) is 0 Å². The summed E-state index contributed by atoms with van der Waals surface area (Å²) in [7, 11) is 0. The predicted molar refractivity (Wildman–Crippen MR) is 141 cm³/mol. The summed E-state index contributed by atoms with van der Waals surface area (Å²) in [5.74, 6) is -1.61. The molecule has 2 aromatic rings. The second kappa shape index (κ2) is 12.2. The Labute approximate surface area is 228 Å². The number of hydrogen-bond acceptors (Lipinski definition) is 4. The Morgan fingerprint density at radius 2 is 1.77 bits per heavy atom. The molecule has 2 aromatic carbocycles. The first kappa shape index (κ1) is 28.6. The fraction of sp³-hybridized carbons (Fsp3) is 0.276. The number of halogens is 4. The van der Waals surface area contributed by atoms with Gasteiger partial charge >= 0.3 is 6.18 Å². The molecular weight excluding hydrogens is 530 g/mol. The minimum Gasteiger partial charge on any atom is -0.454 e. The van der Waals surface area contributed by atoms with Gasteiger partial charge in [0.05, 0.1) is 5.56 Å². The summed E-state index contributed by atoms with van der Waals surface area (Å²) in [4.78, 5) is 35.8. The van der Waals surface area contributed by atoms with Gasteiger partial charge in [0.25, 0.3) is 0 Å². The lowest BCUT2D eigenvalue weighted by atomic mass is 10.0. The molecule has 1 saturated carbocycles. The van der Waals surface area contributed by atoms with E-state index in [0.29, 0.717) is 17.9 Å². The maximum absolute atomic E-state index is 14.8. The van der Waals surface area contributed by atoms with Crippen LogP contribution in [0.4, 0.5) is 28.9 Å². The van der Waals surface area contributed by atoms with Gasteiger partial charge in [-0.05, 0) is 61.2 Å². The molecule has 0 radical (unpaired) electrons. The van der Waals surface area contributed by atoms with Crippen molar-refractivity contribution in [3.8, 4) is 5.75 Å². The Hall–Kier alpha value is -4.41. The number of anilines is 2. The van der Waals surface area contributed by atoms with Crippen molar-refractivity contribution in [2.75, 3.05) is 10.6 Å². The number of ether oxygens (including phenoxy) is 1. The molecule has 0 unspecified atom stereocenters. The number of carbonyl (C=O) groups excluding carboxylic acids is 3. The lowest BCUT2D eigenvalue weighted by Gasteiger charge is -2.13. The molecular formula is C29H27F4N3O4. The molecule has 0 saturated heterocycles. The summed E-state index contributed by atoms with van der Waals surface area (Å²) < 4.78 is 60.2. The fourth-order valence-corrected chi connectivity index (χ4v) is 3.94. The topological polar surface area (TPSA) is 96.5 Å². The van der Waals surface area contributed by atoms with Crippen LogP contribution in [0.25, 0.3) is 0 Å². The molecule has 210 valence electrons. The van der Waals surface area contributed by atoms with E-state index in [4.69, 9.17) is 4.74 Å². The summed E-state index contributed by atoms with van der Waals surface area (Å²) in [5, 5.41) is 7.71. The molecule has 0 spiro atoms. The number of rotatable bonds is 9. The Morgan fingerprint density at radius 3 is 2.45 bits per heavy atom. The molecule has 40 heavy (non-hydrogen) atoms. The molecule has 4 rings (SSSR count). The van der Waals surface area contributed by atoms with Crippen molar-refractivity contribution in [1.82, 2.24) is 5.32 Å². The minimum absolute atomic E-state index is 0.0260. The van der Waals surface area contributed by atoms with E-state index in [1.165, 1.54) is 25.1 Å². The number of nitrogens with one attached hydrogen (secondary N) is 3. The molecule has 2 aliphatic rings. The number of carbonyl (C=O) groups is 3. The standard InChI is InChI=1S/C29H27F4N3O4/c1-17(37)34-23-13-18(12-20(14-23)29(31,32)33)6-11-27(38)35-22-9-10-26(25(30)16-22)40-24-5-3-2-4-21(15-24)36-28(39)19-7-8-19/h2-3,5,9-10,12-16,19H,4,6-8,11H2,1H3,(H,34,37)(H,35,38)(H,36,39). The molecule has 0 atom stereocenters. The zero-order valence-corrected chi connectivity index (χ0v) is 21.5. The highest BCUT2D eigenvalue weighted by atomic mass is 19.4. The van der Waals surface area contributed by atoms with Crippen molar-refractivity contribution in [1.29, 1.82) is 0 Å². The van der Waals surface area contributed by atoms with Crippen molar-refractivity contribution in [2.45, 2.75) is 45.2 Å². The van der Waals surface area contributed by atoms with Crippen molar-refractivity contribution < 1.29 is 36.7 Å². The number of hydrogen-bond donors (Lipinski definition) is 3. The summed E-state index contributed by atoms with van der Waals surface area (Å²) in [5.41, 5.74) is 0.00191. The molecule has 3 N–H and O–H groups in total. The third-order valence-corrected chi connectivity index (χ3v) is 6.01. The van der Waals surface area contributed by atoms with Crippen LogP contribution < -0.4 is 20.7 Å². The van der Waals surface area contributed by atoms with Crippen molar-refractivity contribution in [2.24, 2.45) is 5.92 Å². The van der Waals surface area contributed by atoms with Gasteiger partial charge in [0.2, 0.25) is 17.7 Å². The monoisotopic (exact) mass is 557 g/mol. The summed E-state index contributed by atoms with van der Waals surface area (Å²) in [6.45, 7) is 1.18. The van der Waals surface area contributed by atoms with E-state index in [-0.39, 0.29) is 47.4 Å². The van der Waals surface area contributed by atoms with Crippen LogP contribution in [0.5, 0.6) is 5.75 Å². The number of aryl methyl sites for hydroxylation is 1. The van der Waals surface area contributed by atoms with E-state index in [1.54, 1.807) is 18.2 Å². The molecule has 7 nitrogen and oxygen atoms in total. The third kappa shape index (κ3) is 8.29. The Bertz CT molecular complexity index is 1410. The van der Waals surface area contributed by atoms with Gasteiger partial charge in [0.15, 0.2) is 11.6 Å². The van der Waals surface area contributed by atoms with Crippen LogP contribution in [0.2, 0.25) is 0 Å². The van der Waals surface area contributed by atoms with E-state index in [2.05, 4.69) is 16.0 Å². The van der Waals surface area contributed by atoms with Crippen LogP contribution in [-0.4, -0.2) is 17.7 Å². The number of benzene rings is 2. The van der Waals surface area contributed by atoms with Gasteiger partial charge in [-0.2, -0.15) is 13.2 Å². The number of alkyl halides is 3. The first-order chi connectivity index (χ1) is 19.0. The van der Waals surface area contributed by atoms with E-state index < -0.39 is 29.4 Å². The van der Waals surface area contributed by atoms with Gasteiger partial charge < -0.3 is 20.7 Å². The van der Waals surface area contributed by atoms with E-state index >= 15 is 0 Å². The fourth-order valence-electron chi connectivity index (χ4n) is 3.94. The maximum Gasteiger partial charge on any atom is 0.416 e. The highest BCUT2D eigenvalue weighted by Crippen LogP contribution is 2.33. The molecule has 11 heteroatoms. The Balaban J connectivity index is 1.36. The number of amides is 3. The predicted octanol–water partition coefficient (Wildman–Crippen LogP) is 6.01. The largest absolute Gasteiger partial charge is 0.454 e. The van der Waals surface area contributed by atoms with E-state index in [1.807, 2.05) is 6.08 Å². The van der Waals surface area contributed by atoms with Crippen LogP contribution in [0, 0.1) is 11.7 Å². The normalized spacial score (nSPS) is 14.9. The molecule has 3 amide bonds. The van der Waals surface area contributed by atoms with Crippen LogP contribution in [0.1, 0.15) is 43.7 Å². The first-order valence-electron chi connectivity index (χ1n) is 12.6. The maximum atomic E-state index is 14.8.